The largest absolute Gasteiger partial charge is 0.355 e. The van der Waals surface area contributed by atoms with Crippen molar-refractivity contribution in [2.24, 2.45) is 0 Å². The summed E-state index contributed by atoms with van der Waals surface area (Å²) in [4.78, 5) is 12.0. The number of halogens is 1. The predicted octanol–water partition coefficient (Wildman–Crippen LogP) is 1.36. The normalized spacial score (nSPS) is 18.7. The van der Waals surface area contributed by atoms with Gasteiger partial charge in [0.1, 0.15) is 5.82 Å². The van der Waals surface area contributed by atoms with Crippen molar-refractivity contribution in [1.82, 2.24) is 16.0 Å². The minimum atomic E-state index is -0.380. The molecule has 0 unspecified atom stereocenters. The Balaban J connectivity index is 2.46. The third-order valence-electron chi connectivity index (χ3n) is 2.94. The fraction of sp³-hybridized carbons (Fsp3) is 0.231. The van der Waals surface area contributed by atoms with E-state index in [9.17, 15) is 9.18 Å². The number of amides is 1. The SMILES string of the molecule is CNC(=O)C1=C(C)NC(=S)N[C@@H]1c1ccc(F)cc1. The summed E-state index contributed by atoms with van der Waals surface area (Å²) < 4.78 is 13.0. The molecule has 100 valence electrons. The fourth-order valence-corrected chi connectivity index (χ4v) is 2.31. The molecule has 0 aliphatic carbocycles. The zero-order valence-electron chi connectivity index (χ0n) is 10.6. The summed E-state index contributed by atoms with van der Waals surface area (Å²) in [5, 5.41) is 8.99. The molecule has 3 N–H and O–H groups in total. The molecule has 1 aliphatic rings. The van der Waals surface area contributed by atoms with Crippen LogP contribution in [0.3, 0.4) is 0 Å². The van der Waals surface area contributed by atoms with Crippen LogP contribution in [0.25, 0.3) is 0 Å². The van der Waals surface area contributed by atoms with E-state index in [4.69, 9.17) is 12.2 Å². The molecular weight excluding hydrogens is 265 g/mol. The van der Waals surface area contributed by atoms with Crippen molar-refractivity contribution in [1.29, 1.82) is 0 Å². The first-order chi connectivity index (χ1) is 9.02. The third-order valence-corrected chi connectivity index (χ3v) is 3.16. The van der Waals surface area contributed by atoms with Crippen molar-refractivity contribution in [2.45, 2.75) is 13.0 Å². The van der Waals surface area contributed by atoms with E-state index >= 15 is 0 Å². The molecular formula is C13H14FN3OS. The van der Waals surface area contributed by atoms with E-state index in [-0.39, 0.29) is 17.8 Å². The van der Waals surface area contributed by atoms with Gasteiger partial charge < -0.3 is 16.0 Å². The average Bonchev–Trinajstić information content (AvgIpc) is 2.38. The van der Waals surface area contributed by atoms with Crippen molar-refractivity contribution < 1.29 is 9.18 Å². The van der Waals surface area contributed by atoms with E-state index in [1.165, 1.54) is 12.1 Å². The maximum Gasteiger partial charge on any atom is 0.251 e. The molecule has 19 heavy (non-hydrogen) atoms. The van der Waals surface area contributed by atoms with E-state index in [0.717, 1.165) is 5.56 Å². The number of carbonyl (C=O) groups excluding carboxylic acids is 1. The number of rotatable bonds is 2. The van der Waals surface area contributed by atoms with E-state index in [1.807, 2.05) is 0 Å². The molecule has 2 rings (SSSR count). The van der Waals surface area contributed by atoms with Crippen molar-refractivity contribution in [3.63, 3.8) is 0 Å². The number of carbonyl (C=O) groups is 1. The summed E-state index contributed by atoms with van der Waals surface area (Å²) in [5.74, 6) is -0.517. The molecule has 1 heterocycles. The number of hydrogen-bond acceptors (Lipinski definition) is 2. The summed E-state index contributed by atoms with van der Waals surface area (Å²) in [7, 11) is 1.57. The van der Waals surface area contributed by atoms with Gasteiger partial charge in [-0.1, -0.05) is 12.1 Å². The number of benzene rings is 1. The minimum absolute atomic E-state index is 0.200. The molecule has 0 bridgehead atoms. The van der Waals surface area contributed by atoms with Gasteiger partial charge in [0.05, 0.1) is 11.6 Å². The molecule has 0 saturated heterocycles. The molecule has 1 amide bonds. The number of nitrogens with one attached hydrogen (secondary N) is 3. The summed E-state index contributed by atoms with van der Waals surface area (Å²) in [6, 6.07) is 5.61. The van der Waals surface area contributed by atoms with Crippen LogP contribution in [0, 0.1) is 5.82 Å². The maximum absolute atomic E-state index is 13.0. The van der Waals surface area contributed by atoms with E-state index in [2.05, 4.69) is 16.0 Å². The van der Waals surface area contributed by atoms with Gasteiger partial charge in [0, 0.05) is 12.7 Å². The Morgan fingerprint density at radius 3 is 2.58 bits per heavy atom. The molecule has 0 radical (unpaired) electrons. The molecule has 6 heteroatoms. The molecule has 1 aromatic rings. The van der Waals surface area contributed by atoms with Gasteiger partial charge in [0.15, 0.2) is 5.11 Å². The van der Waals surface area contributed by atoms with Crippen LogP contribution < -0.4 is 16.0 Å². The lowest BCUT2D eigenvalue weighted by molar-refractivity contribution is -0.117. The molecule has 0 saturated carbocycles. The Morgan fingerprint density at radius 1 is 1.37 bits per heavy atom. The highest BCUT2D eigenvalue weighted by Crippen LogP contribution is 2.26. The number of thiocarbonyl (C=S) groups is 1. The average molecular weight is 279 g/mol. The Hall–Kier alpha value is -1.95. The zero-order valence-corrected chi connectivity index (χ0v) is 11.4. The number of hydrogen-bond donors (Lipinski definition) is 3. The topological polar surface area (TPSA) is 53.2 Å². The second-order valence-corrected chi connectivity index (χ2v) is 4.61. The summed E-state index contributed by atoms with van der Waals surface area (Å²) >= 11 is 5.10. The van der Waals surface area contributed by atoms with Gasteiger partial charge in [-0.3, -0.25) is 4.79 Å². The Morgan fingerprint density at radius 2 is 2.00 bits per heavy atom. The molecule has 1 atom stereocenters. The smallest absolute Gasteiger partial charge is 0.251 e. The van der Waals surface area contributed by atoms with E-state index in [1.54, 1.807) is 26.1 Å². The van der Waals surface area contributed by atoms with Crippen LogP contribution in [-0.2, 0) is 4.79 Å². The summed E-state index contributed by atoms with van der Waals surface area (Å²) in [5.41, 5.74) is 2.02. The van der Waals surface area contributed by atoms with Crippen LogP contribution in [0.2, 0.25) is 0 Å². The van der Waals surface area contributed by atoms with Gasteiger partial charge in [0.25, 0.3) is 5.91 Å². The quantitative estimate of drug-likeness (QED) is 0.716. The second kappa shape index (κ2) is 5.36. The highest BCUT2D eigenvalue weighted by molar-refractivity contribution is 7.80. The highest BCUT2D eigenvalue weighted by atomic mass is 32.1. The first kappa shape index (κ1) is 13.5. The lowest BCUT2D eigenvalue weighted by atomic mass is 9.95. The van der Waals surface area contributed by atoms with Gasteiger partial charge in [-0.2, -0.15) is 0 Å². The maximum atomic E-state index is 13.0. The lowest BCUT2D eigenvalue weighted by Gasteiger charge is -2.30. The first-order valence-corrected chi connectivity index (χ1v) is 6.19. The van der Waals surface area contributed by atoms with Crippen LogP contribution in [-0.4, -0.2) is 18.1 Å². The Kier molecular flexibility index (Phi) is 3.80. The van der Waals surface area contributed by atoms with Crippen molar-refractivity contribution >= 4 is 23.2 Å². The Labute approximate surface area is 116 Å². The first-order valence-electron chi connectivity index (χ1n) is 5.78. The summed E-state index contributed by atoms with van der Waals surface area (Å²) in [6.45, 7) is 1.79. The monoisotopic (exact) mass is 279 g/mol. The van der Waals surface area contributed by atoms with E-state index < -0.39 is 0 Å². The molecule has 1 aliphatic heterocycles. The third kappa shape index (κ3) is 2.73. The highest BCUT2D eigenvalue weighted by Gasteiger charge is 2.29. The van der Waals surface area contributed by atoms with Gasteiger partial charge in [-0.05, 0) is 36.8 Å². The minimum Gasteiger partial charge on any atom is -0.355 e. The van der Waals surface area contributed by atoms with Gasteiger partial charge in [-0.25, -0.2) is 4.39 Å². The fourth-order valence-electron chi connectivity index (χ4n) is 2.03. The van der Waals surface area contributed by atoms with Crippen LogP contribution in [0.1, 0.15) is 18.5 Å². The standard InChI is InChI=1S/C13H14FN3OS/c1-7-10(12(18)15-2)11(17-13(19)16-7)8-3-5-9(14)6-4-8/h3-6,11H,1-2H3,(H,15,18)(H2,16,17,19)/t11-/m1/s1. The number of allylic oxidation sites excluding steroid dienone is 1. The van der Waals surface area contributed by atoms with Gasteiger partial charge in [-0.15, -0.1) is 0 Å². The van der Waals surface area contributed by atoms with Crippen LogP contribution in [0.5, 0.6) is 0 Å². The molecule has 4 nitrogen and oxygen atoms in total. The zero-order chi connectivity index (χ0) is 14.0. The van der Waals surface area contributed by atoms with Crippen molar-refractivity contribution in [3.8, 4) is 0 Å². The molecule has 0 aromatic heterocycles. The number of likely N-dealkylation sites (N-methyl/N-ethyl adjacent to an activating group) is 1. The predicted molar refractivity (Wildman–Crippen MR) is 74.8 cm³/mol. The van der Waals surface area contributed by atoms with Crippen molar-refractivity contribution in [3.05, 3.63) is 46.9 Å². The van der Waals surface area contributed by atoms with Gasteiger partial charge in [0.2, 0.25) is 0 Å². The molecule has 1 aromatic carbocycles. The molecule has 0 spiro atoms. The second-order valence-electron chi connectivity index (χ2n) is 4.20. The van der Waals surface area contributed by atoms with Crippen LogP contribution >= 0.6 is 12.2 Å². The van der Waals surface area contributed by atoms with E-state index in [0.29, 0.717) is 16.4 Å². The van der Waals surface area contributed by atoms with Crippen LogP contribution in [0.4, 0.5) is 4.39 Å². The van der Waals surface area contributed by atoms with Crippen LogP contribution in [0.15, 0.2) is 35.5 Å². The van der Waals surface area contributed by atoms with Crippen molar-refractivity contribution in [2.75, 3.05) is 7.05 Å². The van der Waals surface area contributed by atoms with Gasteiger partial charge >= 0.3 is 0 Å². The Bertz CT molecular complexity index is 554. The lowest BCUT2D eigenvalue weighted by Crippen LogP contribution is -2.46. The molecule has 0 fully saturated rings. The summed E-state index contributed by atoms with van der Waals surface area (Å²) in [6.07, 6.45) is 0.